The first-order valence-corrected chi connectivity index (χ1v) is 9.13. The monoisotopic (exact) mass is 300 g/mol. The van der Waals surface area contributed by atoms with Crippen molar-refractivity contribution in [1.29, 1.82) is 0 Å². The number of amides is 1. The van der Waals surface area contributed by atoms with Gasteiger partial charge in [-0.1, -0.05) is 26.8 Å². The lowest BCUT2D eigenvalue weighted by Crippen LogP contribution is -2.44. The van der Waals surface area contributed by atoms with Gasteiger partial charge in [0.1, 0.15) is 0 Å². The van der Waals surface area contributed by atoms with Crippen LogP contribution in [-0.4, -0.2) is 42.7 Å². The molecule has 0 aromatic heterocycles. The molecule has 0 aromatic carbocycles. The summed E-state index contributed by atoms with van der Waals surface area (Å²) >= 11 is 1.85. The highest BCUT2D eigenvalue weighted by Crippen LogP contribution is 2.18. The van der Waals surface area contributed by atoms with Crippen LogP contribution in [0.15, 0.2) is 11.0 Å². The van der Waals surface area contributed by atoms with Crippen molar-refractivity contribution < 1.29 is 4.79 Å². The van der Waals surface area contributed by atoms with Crippen LogP contribution in [0, 0.1) is 0 Å². The van der Waals surface area contributed by atoms with Crippen LogP contribution >= 0.6 is 11.8 Å². The van der Waals surface area contributed by atoms with Crippen LogP contribution in [0.5, 0.6) is 0 Å². The lowest BCUT2D eigenvalue weighted by atomic mass is 10.0. The van der Waals surface area contributed by atoms with E-state index in [0.29, 0.717) is 12.5 Å². The van der Waals surface area contributed by atoms with Gasteiger partial charge in [0.25, 0.3) is 0 Å². The minimum atomic E-state index is 0.187. The van der Waals surface area contributed by atoms with Gasteiger partial charge < -0.3 is 10.2 Å². The number of nitrogens with one attached hydrogen (secondary N) is 1. The molecule has 0 atom stereocenters. The van der Waals surface area contributed by atoms with Crippen molar-refractivity contribution in [2.24, 2.45) is 0 Å². The maximum absolute atomic E-state index is 11.3. The molecule has 1 saturated heterocycles. The topological polar surface area (TPSA) is 32.3 Å². The molecule has 0 unspecified atom stereocenters. The zero-order chi connectivity index (χ0) is 15.4. The van der Waals surface area contributed by atoms with E-state index in [9.17, 15) is 4.79 Å². The maximum atomic E-state index is 11.3. The van der Waals surface area contributed by atoms with Gasteiger partial charge in [-0.15, -0.1) is 11.8 Å². The van der Waals surface area contributed by atoms with Crippen LogP contribution in [0.1, 0.15) is 53.4 Å². The van der Waals surface area contributed by atoms with Gasteiger partial charge >= 0.3 is 0 Å². The summed E-state index contributed by atoms with van der Waals surface area (Å²) in [4.78, 5) is 15.3. The van der Waals surface area contributed by atoms with Crippen molar-refractivity contribution in [3.05, 3.63) is 11.0 Å². The molecule has 1 aliphatic rings. The lowest BCUT2D eigenvalue weighted by Gasteiger charge is -2.32. The van der Waals surface area contributed by atoms with Gasteiger partial charge in [0.05, 0.1) is 0 Å². The Morgan fingerprint density at radius 1 is 1.35 bits per heavy atom. The lowest BCUT2D eigenvalue weighted by molar-refractivity contribution is -0.121. The Kier molecular flexibility index (Phi) is 12.0. The van der Waals surface area contributed by atoms with E-state index in [1.54, 1.807) is 0 Å². The summed E-state index contributed by atoms with van der Waals surface area (Å²) in [5, 5.41) is 3.10. The third kappa shape index (κ3) is 7.95. The fourth-order valence-electron chi connectivity index (χ4n) is 2.26. The van der Waals surface area contributed by atoms with Crippen LogP contribution in [-0.2, 0) is 4.79 Å². The van der Waals surface area contributed by atoms with E-state index in [4.69, 9.17) is 0 Å². The summed E-state index contributed by atoms with van der Waals surface area (Å²) in [6, 6.07) is 0.399. The van der Waals surface area contributed by atoms with Crippen molar-refractivity contribution in [3.63, 3.8) is 0 Å². The van der Waals surface area contributed by atoms with Crippen LogP contribution < -0.4 is 5.32 Å². The molecular weight excluding hydrogens is 268 g/mol. The second kappa shape index (κ2) is 12.3. The quantitative estimate of drug-likeness (QED) is 0.812. The zero-order valence-electron chi connectivity index (χ0n) is 13.9. The maximum Gasteiger partial charge on any atom is 0.219 e. The number of carbonyl (C=O) groups is 1. The Hall–Kier alpha value is -0.480. The Balaban J connectivity index is 0.00000172. The molecule has 0 aromatic rings. The number of nitrogens with zero attached hydrogens (tertiary/aromatic N) is 1. The van der Waals surface area contributed by atoms with Crippen LogP contribution in [0.4, 0.5) is 0 Å². The number of hydrogen-bond donors (Lipinski definition) is 1. The highest BCUT2D eigenvalue weighted by Gasteiger charge is 2.19. The van der Waals surface area contributed by atoms with Crippen molar-refractivity contribution >= 4 is 17.7 Å². The van der Waals surface area contributed by atoms with Crippen molar-refractivity contribution in [2.75, 3.05) is 25.9 Å². The summed E-state index contributed by atoms with van der Waals surface area (Å²) in [7, 11) is 0. The number of thioether (sulfide) groups is 1. The smallest absolute Gasteiger partial charge is 0.219 e. The molecule has 1 fully saturated rings. The number of allylic oxidation sites excluding steroid dienone is 1. The standard InChI is InChI=1S/C14H26N2OS.C2H6/c1-4-13(18-3)8-11-16-9-6-12(7-10-16)15-14(17)5-2;1-2/h4,12H,5-11H2,1-3H3,(H,15,17);1-2H3/b13-4-;. The molecule has 0 bridgehead atoms. The van der Waals surface area contributed by atoms with Gasteiger partial charge in [0.2, 0.25) is 5.91 Å². The Morgan fingerprint density at radius 2 is 1.95 bits per heavy atom. The first-order chi connectivity index (χ1) is 9.69. The highest BCUT2D eigenvalue weighted by molar-refractivity contribution is 8.02. The summed E-state index contributed by atoms with van der Waals surface area (Å²) in [6.07, 6.45) is 8.29. The Labute approximate surface area is 129 Å². The normalized spacial score (nSPS) is 17.4. The van der Waals surface area contributed by atoms with Gasteiger partial charge in [0, 0.05) is 32.1 Å². The Morgan fingerprint density at radius 3 is 2.40 bits per heavy atom. The molecule has 0 saturated carbocycles. The van der Waals surface area contributed by atoms with Gasteiger partial charge in [-0.05, 0) is 37.3 Å². The minimum Gasteiger partial charge on any atom is -0.353 e. The third-order valence-electron chi connectivity index (χ3n) is 3.53. The van der Waals surface area contributed by atoms with Crippen LogP contribution in [0.2, 0.25) is 0 Å². The first kappa shape index (κ1) is 19.5. The van der Waals surface area contributed by atoms with E-state index in [1.165, 1.54) is 4.91 Å². The van der Waals surface area contributed by atoms with E-state index in [0.717, 1.165) is 38.9 Å². The molecule has 1 aliphatic heterocycles. The molecule has 118 valence electrons. The fraction of sp³-hybridized carbons (Fsp3) is 0.812. The van der Waals surface area contributed by atoms with E-state index in [1.807, 2.05) is 32.5 Å². The molecule has 1 N–H and O–H groups in total. The molecule has 0 aliphatic carbocycles. The second-order valence-electron chi connectivity index (χ2n) is 4.75. The van der Waals surface area contributed by atoms with Crippen LogP contribution in [0.3, 0.4) is 0 Å². The highest BCUT2D eigenvalue weighted by atomic mass is 32.2. The molecule has 20 heavy (non-hydrogen) atoms. The third-order valence-corrected chi connectivity index (χ3v) is 4.50. The summed E-state index contributed by atoms with van der Waals surface area (Å²) < 4.78 is 0. The minimum absolute atomic E-state index is 0.187. The predicted octanol–water partition coefficient (Wildman–Crippen LogP) is 3.66. The fourth-order valence-corrected chi connectivity index (χ4v) is 2.79. The van der Waals surface area contributed by atoms with E-state index < -0.39 is 0 Å². The zero-order valence-corrected chi connectivity index (χ0v) is 14.7. The largest absolute Gasteiger partial charge is 0.353 e. The van der Waals surface area contributed by atoms with Crippen molar-refractivity contribution in [3.8, 4) is 0 Å². The van der Waals surface area contributed by atoms with E-state index in [2.05, 4.69) is 29.5 Å². The second-order valence-corrected chi connectivity index (χ2v) is 5.68. The van der Waals surface area contributed by atoms with Gasteiger partial charge in [0.15, 0.2) is 0 Å². The summed E-state index contributed by atoms with van der Waals surface area (Å²) in [5.74, 6) is 0.187. The molecule has 4 heteroatoms. The molecule has 1 rings (SSSR count). The number of piperidine rings is 1. The Bertz CT molecular complexity index is 284. The molecule has 0 radical (unpaired) electrons. The molecule has 1 amide bonds. The number of rotatable bonds is 6. The van der Waals surface area contributed by atoms with Gasteiger partial charge in [-0.25, -0.2) is 0 Å². The SMILES string of the molecule is C/C=C(/CCN1CCC(NC(=O)CC)CC1)SC.CC. The average molecular weight is 301 g/mol. The number of carbonyl (C=O) groups excluding carboxylic acids is 1. The summed E-state index contributed by atoms with van der Waals surface area (Å²) in [5.41, 5.74) is 0. The van der Waals surface area contributed by atoms with E-state index >= 15 is 0 Å². The van der Waals surface area contributed by atoms with E-state index in [-0.39, 0.29) is 5.91 Å². The van der Waals surface area contributed by atoms with Crippen molar-refractivity contribution in [1.82, 2.24) is 10.2 Å². The first-order valence-electron chi connectivity index (χ1n) is 7.90. The number of hydrogen-bond acceptors (Lipinski definition) is 3. The molecule has 1 heterocycles. The molecule has 0 spiro atoms. The molecular formula is C16H32N2OS. The average Bonchev–Trinajstić information content (AvgIpc) is 2.51. The predicted molar refractivity (Wildman–Crippen MR) is 91.1 cm³/mol. The van der Waals surface area contributed by atoms with Gasteiger partial charge in [-0.3, -0.25) is 4.79 Å². The van der Waals surface area contributed by atoms with Crippen molar-refractivity contribution in [2.45, 2.75) is 59.4 Å². The van der Waals surface area contributed by atoms with Crippen LogP contribution in [0.25, 0.3) is 0 Å². The molecule has 3 nitrogen and oxygen atoms in total. The summed E-state index contributed by atoms with van der Waals surface area (Å²) in [6.45, 7) is 11.4. The van der Waals surface area contributed by atoms with Gasteiger partial charge in [-0.2, -0.15) is 0 Å². The number of likely N-dealkylation sites (tertiary alicyclic amines) is 1.